The Balaban J connectivity index is 1.56. The number of rotatable bonds is 3. The Hall–Kier alpha value is -2.43. The number of nitrogen functional groups attached to an aromatic ring is 1. The Labute approximate surface area is 162 Å². The third kappa shape index (κ3) is 3.43. The smallest absolute Gasteiger partial charge is 0.164 e. The molecule has 0 amide bonds. The van der Waals surface area contributed by atoms with Crippen molar-refractivity contribution < 1.29 is 4.74 Å². The molecule has 0 unspecified atom stereocenters. The Morgan fingerprint density at radius 2 is 1.69 bits per heavy atom. The second-order valence-electron chi connectivity index (χ2n) is 6.22. The van der Waals surface area contributed by atoms with E-state index in [1.807, 2.05) is 30.6 Å². The summed E-state index contributed by atoms with van der Waals surface area (Å²) < 4.78 is 5.93. The predicted molar refractivity (Wildman–Crippen MR) is 106 cm³/mol. The van der Waals surface area contributed by atoms with E-state index in [1.165, 1.54) is 16.8 Å². The van der Waals surface area contributed by atoms with Gasteiger partial charge in [0, 0.05) is 36.9 Å². The number of hydrogen-bond acceptors (Lipinski definition) is 4. The van der Waals surface area contributed by atoms with Gasteiger partial charge in [0.25, 0.3) is 0 Å². The number of halogens is 2. The van der Waals surface area contributed by atoms with E-state index in [9.17, 15) is 0 Å². The lowest BCUT2D eigenvalue weighted by Crippen LogP contribution is -2.30. The second kappa shape index (κ2) is 7.06. The average molecular weight is 386 g/mol. The number of aromatic nitrogens is 1. The Morgan fingerprint density at radius 3 is 2.42 bits per heavy atom. The molecular weight excluding hydrogens is 369 g/mol. The minimum atomic E-state index is 0.400. The van der Waals surface area contributed by atoms with Gasteiger partial charge in [0.05, 0.1) is 10.0 Å². The summed E-state index contributed by atoms with van der Waals surface area (Å²) >= 11 is 12.4. The van der Waals surface area contributed by atoms with Crippen molar-refractivity contribution in [2.45, 2.75) is 13.0 Å². The summed E-state index contributed by atoms with van der Waals surface area (Å²) in [4.78, 5) is 6.43. The fraction of sp³-hybridized carbons (Fsp3) is 0.150. The SMILES string of the molecule is Nc1cc(Cl)c(Oc2ccc3c(c2)CCN(c2ccncc2)C3)c(Cl)c1. The number of ether oxygens (including phenoxy) is 1. The molecule has 3 aromatic rings. The number of benzene rings is 2. The highest BCUT2D eigenvalue weighted by Gasteiger charge is 2.18. The summed E-state index contributed by atoms with van der Waals surface area (Å²) in [5, 5.41) is 0.799. The van der Waals surface area contributed by atoms with Crippen molar-refractivity contribution >= 4 is 34.6 Å². The number of fused-ring (bicyclic) bond motifs is 1. The van der Waals surface area contributed by atoms with Gasteiger partial charge in [0.1, 0.15) is 5.75 Å². The van der Waals surface area contributed by atoms with E-state index in [0.717, 1.165) is 25.3 Å². The van der Waals surface area contributed by atoms with Gasteiger partial charge >= 0.3 is 0 Å². The lowest BCUT2D eigenvalue weighted by atomic mass is 9.99. The summed E-state index contributed by atoms with van der Waals surface area (Å²) in [5.74, 6) is 1.14. The number of nitrogens with two attached hydrogens (primary N) is 1. The molecule has 2 heterocycles. The molecule has 2 aromatic carbocycles. The molecule has 0 atom stereocenters. The summed E-state index contributed by atoms with van der Waals surface area (Å²) in [5.41, 5.74) is 10.00. The lowest BCUT2D eigenvalue weighted by Gasteiger charge is -2.30. The van der Waals surface area contributed by atoms with Gasteiger partial charge in [-0.3, -0.25) is 4.98 Å². The van der Waals surface area contributed by atoms with Crippen molar-refractivity contribution in [1.29, 1.82) is 0 Å². The molecule has 26 heavy (non-hydrogen) atoms. The number of nitrogens with zero attached hydrogens (tertiary/aromatic N) is 2. The van der Waals surface area contributed by atoms with Gasteiger partial charge < -0.3 is 15.4 Å². The lowest BCUT2D eigenvalue weighted by molar-refractivity contribution is 0.481. The third-order valence-corrected chi connectivity index (χ3v) is 5.02. The van der Waals surface area contributed by atoms with Crippen LogP contribution < -0.4 is 15.4 Å². The molecule has 0 bridgehead atoms. The van der Waals surface area contributed by atoms with Crippen LogP contribution in [0.1, 0.15) is 11.1 Å². The molecular formula is C20H17Cl2N3O. The van der Waals surface area contributed by atoms with E-state index >= 15 is 0 Å². The fourth-order valence-corrected chi connectivity index (χ4v) is 3.74. The Morgan fingerprint density at radius 1 is 0.962 bits per heavy atom. The quantitative estimate of drug-likeness (QED) is 0.619. The Kier molecular flexibility index (Phi) is 4.62. The number of anilines is 2. The van der Waals surface area contributed by atoms with Crippen molar-refractivity contribution in [3.63, 3.8) is 0 Å². The van der Waals surface area contributed by atoms with Gasteiger partial charge in [-0.1, -0.05) is 29.3 Å². The van der Waals surface area contributed by atoms with E-state index in [4.69, 9.17) is 33.7 Å². The summed E-state index contributed by atoms with van der Waals surface area (Å²) in [7, 11) is 0. The monoisotopic (exact) mass is 385 g/mol. The highest BCUT2D eigenvalue weighted by atomic mass is 35.5. The average Bonchev–Trinajstić information content (AvgIpc) is 2.65. The maximum absolute atomic E-state index is 6.21. The predicted octanol–water partition coefficient (Wildman–Crippen LogP) is 5.33. The van der Waals surface area contributed by atoms with Gasteiger partial charge in [-0.25, -0.2) is 0 Å². The largest absolute Gasteiger partial charge is 0.454 e. The zero-order chi connectivity index (χ0) is 18.1. The first-order valence-corrected chi connectivity index (χ1v) is 9.05. The minimum Gasteiger partial charge on any atom is -0.454 e. The molecule has 4 rings (SSSR count). The van der Waals surface area contributed by atoms with Gasteiger partial charge in [0.2, 0.25) is 0 Å². The first-order chi connectivity index (χ1) is 12.6. The molecule has 0 fully saturated rings. The van der Waals surface area contributed by atoms with Gasteiger partial charge in [-0.15, -0.1) is 0 Å². The van der Waals surface area contributed by atoms with E-state index in [2.05, 4.69) is 22.0 Å². The van der Waals surface area contributed by atoms with Crippen molar-refractivity contribution in [3.8, 4) is 11.5 Å². The van der Waals surface area contributed by atoms with Crippen LogP contribution in [-0.4, -0.2) is 11.5 Å². The second-order valence-corrected chi connectivity index (χ2v) is 7.04. The molecule has 0 saturated heterocycles. The van der Waals surface area contributed by atoms with Gasteiger partial charge in [0.15, 0.2) is 5.75 Å². The van der Waals surface area contributed by atoms with Crippen LogP contribution in [0.15, 0.2) is 54.9 Å². The summed E-state index contributed by atoms with van der Waals surface area (Å²) in [6.07, 6.45) is 4.59. The van der Waals surface area contributed by atoms with Crippen LogP contribution in [0, 0.1) is 0 Å². The van der Waals surface area contributed by atoms with Crippen LogP contribution in [0.4, 0.5) is 11.4 Å². The molecule has 0 radical (unpaired) electrons. The third-order valence-electron chi connectivity index (χ3n) is 4.46. The van der Waals surface area contributed by atoms with Crippen LogP contribution in [0.25, 0.3) is 0 Å². The molecule has 0 spiro atoms. The highest BCUT2D eigenvalue weighted by Crippen LogP contribution is 2.39. The summed E-state index contributed by atoms with van der Waals surface area (Å²) in [6.45, 7) is 1.81. The molecule has 1 aromatic heterocycles. The fourth-order valence-electron chi connectivity index (χ4n) is 3.16. The molecule has 1 aliphatic rings. The number of pyridine rings is 1. The van der Waals surface area contributed by atoms with Crippen molar-refractivity contribution in [3.05, 3.63) is 76.0 Å². The van der Waals surface area contributed by atoms with E-state index in [0.29, 0.717) is 21.5 Å². The minimum absolute atomic E-state index is 0.400. The maximum atomic E-state index is 6.21. The van der Waals surface area contributed by atoms with Crippen LogP contribution in [0.2, 0.25) is 10.0 Å². The summed E-state index contributed by atoms with van der Waals surface area (Å²) in [6, 6.07) is 13.4. The maximum Gasteiger partial charge on any atom is 0.164 e. The van der Waals surface area contributed by atoms with E-state index in [1.54, 1.807) is 12.1 Å². The van der Waals surface area contributed by atoms with Crippen LogP contribution in [-0.2, 0) is 13.0 Å². The standard InChI is InChI=1S/C20H17Cl2N3O/c21-18-10-15(23)11-19(22)20(18)26-17-2-1-14-12-25(8-5-13(14)9-17)16-3-6-24-7-4-16/h1-4,6-7,9-11H,5,8,12,23H2. The first-order valence-electron chi connectivity index (χ1n) is 8.29. The zero-order valence-corrected chi connectivity index (χ0v) is 15.5. The zero-order valence-electron chi connectivity index (χ0n) is 14.0. The van der Waals surface area contributed by atoms with Crippen LogP contribution in [0.5, 0.6) is 11.5 Å². The molecule has 132 valence electrons. The first kappa shape index (κ1) is 17.0. The topological polar surface area (TPSA) is 51.4 Å². The van der Waals surface area contributed by atoms with Crippen molar-refractivity contribution in [2.75, 3.05) is 17.2 Å². The molecule has 2 N–H and O–H groups in total. The van der Waals surface area contributed by atoms with Gasteiger partial charge in [-0.2, -0.15) is 0 Å². The molecule has 6 heteroatoms. The van der Waals surface area contributed by atoms with E-state index < -0.39 is 0 Å². The highest BCUT2D eigenvalue weighted by molar-refractivity contribution is 6.37. The number of hydrogen-bond donors (Lipinski definition) is 1. The van der Waals surface area contributed by atoms with E-state index in [-0.39, 0.29) is 0 Å². The van der Waals surface area contributed by atoms with Crippen molar-refractivity contribution in [1.82, 2.24) is 4.98 Å². The molecule has 4 nitrogen and oxygen atoms in total. The van der Waals surface area contributed by atoms with Gasteiger partial charge in [-0.05, 0) is 53.9 Å². The van der Waals surface area contributed by atoms with Crippen molar-refractivity contribution in [2.24, 2.45) is 0 Å². The van der Waals surface area contributed by atoms with Crippen LogP contribution in [0.3, 0.4) is 0 Å². The van der Waals surface area contributed by atoms with Crippen LogP contribution >= 0.6 is 23.2 Å². The molecule has 1 aliphatic heterocycles. The molecule has 0 saturated carbocycles. The Bertz CT molecular complexity index is 924. The normalized spacial score (nSPS) is 13.4. The molecule has 0 aliphatic carbocycles.